The summed E-state index contributed by atoms with van der Waals surface area (Å²) in [4.78, 5) is 12.7. The van der Waals surface area contributed by atoms with Crippen LogP contribution in [0.3, 0.4) is 0 Å². The van der Waals surface area contributed by atoms with E-state index in [-0.39, 0.29) is 17.3 Å². The van der Waals surface area contributed by atoms with Gasteiger partial charge in [-0.05, 0) is 60.1 Å². The highest BCUT2D eigenvalue weighted by molar-refractivity contribution is 6.31. The van der Waals surface area contributed by atoms with Crippen LogP contribution in [0.2, 0.25) is 5.02 Å². The van der Waals surface area contributed by atoms with Gasteiger partial charge < -0.3 is 10.5 Å². The molecule has 0 saturated heterocycles. The Morgan fingerprint density at radius 3 is 2.67 bits per heavy atom. The molecule has 0 saturated carbocycles. The number of carbonyl (C=O) groups excluding carboxylic acids is 1. The van der Waals surface area contributed by atoms with Crippen LogP contribution in [0.1, 0.15) is 34.2 Å². The third-order valence-electron chi connectivity index (χ3n) is 4.70. The molecule has 2 aromatic heterocycles. The van der Waals surface area contributed by atoms with E-state index in [1.165, 1.54) is 0 Å². The first-order chi connectivity index (χ1) is 15.9. The van der Waals surface area contributed by atoms with Gasteiger partial charge in [-0.15, -0.1) is 5.10 Å². The second kappa shape index (κ2) is 9.49. The van der Waals surface area contributed by atoms with Crippen LogP contribution in [0.5, 0.6) is 5.75 Å². The summed E-state index contributed by atoms with van der Waals surface area (Å²) < 4.78 is 11.5. The Morgan fingerprint density at radius 1 is 1.21 bits per heavy atom. The molecule has 0 radical (unpaired) electrons. The SMILES string of the molecule is C/C(=N/NC(=O)c1c(C)nnn1-c1nonc1N)c1ccc(OCc2ccccc2Cl)cc1. The number of rotatable bonds is 7. The highest BCUT2D eigenvalue weighted by Gasteiger charge is 2.22. The van der Waals surface area contributed by atoms with E-state index in [1.54, 1.807) is 13.8 Å². The van der Waals surface area contributed by atoms with Gasteiger partial charge in [0.1, 0.15) is 12.4 Å². The molecule has 2 heterocycles. The van der Waals surface area contributed by atoms with E-state index in [1.807, 2.05) is 48.5 Å². The van der Waals surface area contributed by atoms with Crippen LogP contribution in [-0.2, 0) is 6.61 Å². The number of hydrogen-bond donors (Lipinski definition) is 2. The van der Waals surface area contributed by atoms with E-state index in [9.17, 15) is 4.79 Å². The van der Waals surface area contributed by atoms with Crippen molar-refractivity contribution in [2.45, 2.75) is 20.5 Å². The molecule has 168 valence electrons. The van der Waals surface area contributed by atoms with Crippen LogP contribution < -0.4 is 15.9 Å². The van der Waals surface area contributed by atoms with Gasteiger partial charge in [0.05, 0.1) is 11.4 Å². The zero-order valence-electron chi connectivity index (χ0n) is 17.7. The van der Waals surface area contributed by atoms with Gasteiger partial charge >= 0.3 is 0 Å². The Morgan fingerprint density at radius 2 is 1.97 bits per heavy atom. The summed E-state index contributed by atoms with van der Waals surface area (Å²) in [6, 6.07) is 14.8. The van der Waals surface area contributed by atoms with Crippen LogP contribution in [0.4, 0.5) is 5.82 Å². The van der Waals surface area contributed by atoms with Crippen molar-refractivity contribution in [3.63, 3.8) is 0 Å². The molecule has 12 heteroatoms. The van der Waals surface area contributed by atoms with Crippen molar-refractivity contribution in [2.75, 3.05) is 5.73 Å². The zero-order valence-corrected chi connectivity index (χ0v) is 18.4. The number of nitrogens with zero attached hydrogens (tertiary/aromatic N) is 6. The number of benzene rings is 2. The molecule has 4 rings (SSSR count). The number of nitrogens with two attached hydrogens (primary N) is 1. The highest BCUT2D eigenvalue weighted by Crippen LogP contribution is 2.19. The number of aromatic nitrogens is 5. The van der Waals surface area contributed by atoms with Crippen LogP contribution in [0, 0.1) is 6.92 Å². The maximum atomic E-state index is 12.7. The summed E-state index contributed by atoms with van der Waals surface area (Å²) in [5, 5.41) is 19.7. The van der Waals surface area contributed by atoms with Gasteiger partial charge in [-0.2, -0.15) is 9.78 Å². The lowest BCUT2D eigenvalue weighted by Gasteiger charge is -2.09. The zero-order chi connectivity index (χ0) is 23.4. The van der Waals surface area contributed by atoms with Crippen molar-refractivity contribution >= 4 is 29.0 Å². The number of aryl methyl sites for hydroxylation is 1. The Balaban J connectivity index is 1.42. The molecule has 0 aliphatic heterocycles. The second-order valence-electron chi connectivity index (χ2n) is 6.95. The second-order valence-corrected chi connectivity index (χ2v) is 7.36. The number of ether oxygens (including phenoxy) is 1. The summed E-state index contributed by atoms with van der Waals surface area (Å²) in [5.74, 6) is 0.179. The van der Waals surface area contributed by atoms with E-state index in [0.29, 0.717) is 28.8 Å². The number of nitrogen functional groups attached to an aromatic ring is 1. The quantitative estimate of drug-likeness (QED) is 0.312. The normalized spacial score (nSPS) is 11.4. The van der Waals surface area contributed by atoms with Gasteiger partial charge in [0.2, 0.25) is 11.6 Å². The maximum absolute atomic E-state index is 12.7. The minimum Gasteiger partial charge on any atom is -0.489 e. The molecule has 11 nitrogen and oxygen atoms in total. The van der Waals surface area contributed by atoms with E-state index in [2.05, 4.69) is 35.8 Å². The fourth-order valence-corrected chi connectivity index (χ4v) is 3.12. The fraction of sp³-hybridized carbons (Fsp3) is 0.143. The monoisotopic (exact) mass is 466 g/mol. The van der Waals surface area contributed by atoms with E-state index < -0.39 is 5.91 Å². The van der Waals surface area contributed by atoms with Gasteiger partial charge in [-0.3, -0.25) is 4.79 Å². The molecule has 0 fully saturated rings. The lowest BCUT2D eigenvalue weighted by atomic mass is 10.1. The molecule has 0 aliphatic rings. The molecule has 0 aliphatic carbocycles. The van der Waals surface area contributed by atoms with Crippen molar-refractivity contribution in [3.05, 3.63) is 76.1 Å². The van der Waals surface area contributed by atoms with E-state index in [0.717, 1.165) is 15.8 Å². The summed E-state index contributed by atoms with van der Waals surface area (Å²) in [6.45, 7) is 3.75. The van der Waals surface area contributed by atoms with Gasteiger partial charge in [0.15, 0.2) is 5.69 Å². The van der Waals surface area contributed by atoms with Crippen molar-refractivity contribution in [2.24, 2.45) is 5.10 Å². The number of anilines is 1. The van der Waals surface area contributed by atoms with Gasteiger partial charge in [-0.1, -0.05) is 35.0 Å². The number of halogens is 1. The standard InChI is InChI=1S/C21H19ClN8O3/c1-12(14-7-9-16(10-8-14)32-11-15-5-3-4-6-17(15)22)24-26-21(31)18-13(2)25-29-30(18)20-19(23)27-33-28-20/h3-10H,11H2,1-2H3,(H2,23,27)(H,26,31)/b24-12-. The van der Waals surface area contributed by atoms with Crippen molar-refractivity contribution in [1.82, 2.24) is 30.7 Å². The highest BCUT2D eigenvalue weighted by atomic mass is 35.5. The molecule has 3 N–H and O–H groups in total. The lowest BCUT2D eigenvalue weighted by Crippen LogP contribution is -2.24. The van der Waals surface area contributed by atoms with Crippen LogP contribution in [0.25, 0.3) is 5.82 Å². The molecular weight excluding hydrogens is 448 g/mol. The first kappa shape index (κ1) is 22.0. The molecule has 0 bridgehead atoms. The molecule has 0 unspecified atom stereocenters. The Hall–Kier alpha value is -4.25. The number of nitrogens with one attached hydrogen (secondary N) is 1. The molecule has 0 atom stereocenters. The maximum Gasteiger partial charge on any atom is 0.292 e. The van der Waals surface area contributed by atoms with Crippen molar-refractivity contribution < 1.29 is 14.2 Å². The summed E-state index contributed by atoms with van der Waals surface area (Å²) in [6.07, 6.45) is 0. The third kappa shape index (κ3) is 4.83. The lowest BCUT2D eigenvalue weighted by molar-refractivity contribution is 0.0946. The van der Waals surface area contributed by atoms with Crippen molar-refractivity contribution in [1.29, 1.82) is 0 Å². The minimum absolute atomic E-state index is 0.0227. The molecule has 4 aromatic rings. The smallest absolute Gasteiger partial charge is 0.292 e. The molecular formula is C21H19ClN8O3. The predicted octanol–water partition coefficient (Wildman–Crippen LogP) is 2.93. The van der Waals surface area contributed by atoms with Gasteiger partial charge in [-0.25, -0.2) is 10.1 Å². The Bertz CT molecular complexity index is 1310. The number of carbonyl (C=O) groups is 1. The van der Waals surface area contributed by atoms with Gasteiger partial charge in [0, 0.05) is 10.6 Å². The fourth-order valence-electron chi connectivity index (χ4n) is 2.92. The third-order valence-corrected chi connectivity index (χ3v) is 5.07. The first-order valence-electron chi connectivity index (χ1n) is 9.76. The van der Waals surface area contributed by atoms with E-state index in [4.69, 9.17) is 22.1 Å². The number of amides is 1. The van der Waals surface area contributed by atoms with Crippen molar-refractivity contribution in [3.8, 4) is 11.6 Å². The van der Waals surface area contributed by atoms with Crippen LogP contribution in [0.15, 0.2) is 58.3 Å². The Labute approximate surface area is 193 Å². The summed E-state index contributed by atoms with van der Waals surface area (Å²) in [7, 11) is 0. The largest absolute Gasteiger partial charge is 0.489 e. The van der Waals surface area contributed by atoms with Crippen LogP contribution in [-0.4, -0.2) is 36.9 Å². The summed E-state index contributed by atoms with van der Waals surface area (Å²) in [5.41, 5.74) is 10.9. The van der Waals surface area contributed by atoms with Crippen LogP contribution >= 0.6 is 11.6 Å². The first-order valence-corrected chi connectivity index (χ1v) is 10.1. The molecule has 0 spiro atoms. The number of hydrogen-bond acceptors (Lipinski definition) is 9. The number of hydrazone groups is 1. The average molecular weight is 467 g/mol. The average Bonchev–Trinajstić information content (AvgIpc) is 3.42. The van der Waals surface area contributed by atoms with Gasteiger partial charge in [0.25, 0.3) is 5.91 Å². The molecule has 2 aromatic carbocycles. The Kier molecular flexibility index (Phi) is 6.31. The topological polar surface area (TPSA) is 146 Å². The minimum atomic E-state index is -0.543. The molecule has 1 amide bonds. The predicted molar refractivity (Wildman–Crippen MR) is 120 cm³/mol. The molecule has 33 heavy (non-hydrogen) atoms. The summed E-state index contributed by atoms with van der Waals surface area (Å²) >= 11 is 6.15. The van der Waals surface area contributed by atoms with E-state index >= 15 is 0 Å².